The summed E-state index contributed by atoms with van der Waals surface area (Å²) < 4.78 is 18.1. The van der Waals surface area contributed by atoms with E-state index in [9.17, 15) is 9.00 Å². The lowest BCUT2D eigenvalue weighted by atomic mass is 9.66. The number of thiophene rings is 1. The highest BCUT2D eigenvalue weighted by atomic mass is 32.2. The predicted molar refractivity (Wildman–Crippen MR) is 152 cm³/mol. The predicted octanol–water partition coefficient (Wildman–Crippen LogP) is 6.80. The van der Waals surface area contributed by atoms with Gasteiger partial charge in [0.1, 0.15) is 11.0 Å². The Hall–Kier alpha value is -1.35. The molecule has 1 aromatic heterocycles. The topological polar surface area (TPSA) is 61.4 Å². The van der Waals surface area contributed by atoms with Crippen LogP contribution >= 0.6 is 23.3 Å². The van der Waals surface area contributed by atoms with Gasteiger partial charge in [-0.2, -0.15) is 0 Å². The number of fused-ring (bicyclic) bond motifs is 2. The maximum absolute atomic E-state index is 11.7. The Morgan fingerprint density at radius 3 is 2.37 bits per heavy atom. The quantitative estimate of drug-likeness (QED) is 0.317. The summed E-state index contributed by atoms with van der Waals surface area (Å²) in [5.74, 6) is 1.05. The van der Waals surface area contributed by atoms with Gasteiger partial charge in [-0.25, -0.2) is 8.93 Å². The largest absolute Gasteiger partial charge is 0.330 e. The zero-order valence-electron chi connectivity index (χ0n) is 21.6. The minimum atomic E-state index is -1.07. The monoisotopic (exact) mass is 533 g/mol. The molecule has 0 bridgehead atoms. The summed E-state index contributed by atoms with van der Waals surface area (Å²) in [5.41, 5.74) is 4.49. The average Bonchev–Trinajstić information content (AvgIpc) is 3.31. The molecule has 2 fully saturated rings. The number of nitrogens with one attached hydrogen (secondary N) is 2. The van der Waals surface area contributed by atoms with Crippen LogP contribution in [0, 0.1) is 12.3 Å². The average molecular weight is 534 g/mol. The summed E-state index contributed by atoms with van der Waals surface area (Å²) in [7, 11) is -1.07. The molecule has 2 saturated carbocycles. The van der Waals surface area contributed by atoms with Crippen LogP contribution in [0.25, 0.3) is 0 Å². The number of carbonyl (C=O) groups is 1. The van der Waals surface area contributed by atoms with Crippen LogP contribution in [-0.2, 0) is 21.2 Å². The molecule has 8 heteroatoms. The second kappa shape index (κ2) is 10.6. The number of hydrogen-bond donors (Lipinski definition) is 2. The van der Waals surface area contributed by atoms with Gasteiger partial charge in [0.2, 0.25) is 6.41 Å². The SMILES string of the molecule is CCSNc1ccc2c(c1)C1(CCC3(CC3)CC1)CN2C=O.Cc1cc(S(=O)NC(C)(C)C)cs1. The van der Waals surface area contributed by atoms with Crippen LogP contribution in [0.1, 0.15) is 76.7 Å². The molecule has 35 heavy (non-hydrogen) atoms. The second-order valence-electron chi connectivity index (χ2n) is 11.3. The normalized spacial score (nSPS) is 20.2. The van der Waals surface area contributed by atoms with Crippen LogP contribution in [0.2, 0.25) is 0 Å². The van der Waals surface area contributed by atoms with Gasteiger partial charge in [0, 0.05) is 44.9 Å². The molecule has 192 valence electrons. The van der Waals surface area contributed by atoms with E-state index in [1.54, 1.807) is 23.3 Å². The van der Waals surface area contributed by atoms with E-state index < -0.39 is 11.0 Å². The van der Waals surface area contributed by atoms with Crippen molar-refractivity contribution in [1.29, 1.82) is 0 Å². The Kier molecular flexibility index (Phi) is 8.06. The van der Waals surface area contributed by atoms with Gasteiger partial charge in [-0.1, -0.05) is 18.9 Å². The lowest BCUT2D eigenvalue weighted by Gasteiger charge is -2.38. The molecular weight excluding hydrogens is 495 g/mol. The summed E-state index contributed by atoms with van der Waals surface area (Å²) in [6, 6.07) is 8.48. The summed E-state index contributed by atoms with van der Waals surface area (Å²) >= 11 is 3.35. The van der Waals surface area contributed by atoms with Crippen molar-refractivity contribution < 1.29 is 9.00 Å². The van der Waals surface area contributed by atoms with Crippen molar-refractivity contribution in [3.63, 3.8) is 0 Å². The summed E-state index contributed by atoms with van der Waals surface area (Å²) in [6.45, 7) is 11.1. The van der Waals surface area contributed by atoms with Crippen molar-refractivity contribution in [3.8, 4) is 0 Å². The summed E-state index contributed by atoms with van der Waals surface area (Å²) in [5, 5.41) is 1.93. The minimum Gasteiger partial charge on any atom is -0.330 e. The molecule has 0 saturated heterocycles. The molecule has 2 spiro atoms. The number of rotatable bonds is 6. The molecule has 2 N–H and O–H groups in total. The number of amides is 1. The number of hydrogen-bond acceptors (Lipinski definition) is 5. The van der Waals surface area contributed by atoms with E-state index in [0.717, 1.165) is 29.3 Å². The van der Waals surface area contributed by atoms with E-state index in [2.05, 4.69) is 34.6 Å². The number of aryl methyl sites for hydroxylation is 1. The number of nitrogens with zero attached hydrogens (tertiary/aromatic N) is 1. The highest BCUT2D eigenvalue weighted by Crippen LogP contribution is 2.62. The van der Waals surface area contributed by atoms with E-state index in [4.69, 9.17) is 0 Å². The first kappa shape index (κ1) is 26.7. The highest BCUT2D eigenvalue weighted by Gasteiger charge is 2.52. The Bertz CT molecular complexity index is 1060. The molecule has 3 aliphatic rings. The molecule has 5 nitrogen and oxygen atoms in total. The first-order valence-electron chi connectivity index (χ1n) is 12.6. The zero-order chi connectivity index (χ0) is 25.3. The maximum Gasteiger partial charge on any atom is 0.214 e. The maximum atomic E-state index is 11.7. The van der Waals surface area contributed by atoms with Crippen LogP contribution in [-0.4, -0.2) is 28.5 Å². The Morgan fingerprint density at radius 1 is 1.14 bits per heavy atom. The third-order valence-corrected chi connectivity index (χ3v) is 10.5. The zero-order valence-corrected chi connectivity index (χ0v) is 24.1. The molecule has 1 atom stereocenters. The second-order valence-corrected chi connectivity index (χ2v) is 14.7. The number of benzene rings is 1. The minimum absolute atomic E-state index is 0.110. The molecule has 0 radical (unpaired) electrons. The molecule has 1 aromatic carbocycles. The number of anilines is 2. The fourth-order valence-corrected chi connectivity index (χ4v) is 7.77. The standard InChI is InChI=1S/C18H24N2OS.C9H15NOS2/c1-2-22-19-14-3-4-16-15(11-14)18(12-20(16)13-21)9-7-17(5-6-17)8-10-18;1-7-5-8(6-12-7)13(11)10-9(2,3)4/h3-4,11,13,19H,2,5-10,12H2,1H3;5-6,10H,1-4H3. The Morgan fingerprint density at radius 2 is 1.83 bits per heavy atom. The Balaban J connectivity index is 0.000000191. The van der Waals surface area contributed by atoms with Crippen LogP contribution in [0.3, 0.4) is 0 Å². The van der Waals surface area contributed by atoms with Crippen molar-refractivity contribution in [3.05, 3.63) is 40.1 Å². The van der Waals surface area contributed by atoms with Crippen LogP contribution in [0.5, 0.6) is 0 Å². The van der Waals surface area contributed by atoms with Gasteiger partial charge in [-0.05, 0) is 101 Å². The molecule has 2 aliphatic carbocycles. The molecule has 1 aliphatic heterocycles. The number of carbonyl (C=O) groups excluding carboxylic acids is 1. The third-order valence-electron chi connectivity index (χ3n) is 7.36. The van der Waals surface area contributed by atoms with Gasteiger partial charge in [-0.3, -0.25) is 4.79 Å². The highest BCUT2D eigenvalue weighted by molar-refractivity contribution is 8.00. The third kappa shape index (κ3) is 6.32. The van der Waals surface area contributed by atoms with E-state index in [1.165, 1.54) is 54.7 Å². The fraction of sp³-hybridized carbons (Fsp3) is 0.593. The molecule has 5 rings (SSSR count). The molecular formula is C27H39N3O2S3. The molecule has 1 unspecified atom stereocenters. The van der Waals surface area contributed by atoms with Gasteiger partial charge in [0.25, 0.3) is 0 Å². The van der Waals surface area contributed by atoms with Crippen molar-refractivity contribution in [2.45, 2.75) is 89.0 Å². The van der Waals surface area contributed by atoms with Gasteiger partial charge in [0.15, 0.2) is 0 Å². The van der Waals surface area contributed by atoms with Crippen molar-refractivity contribution in [1.82, 2.24) is 4.72 Å². The van der Waals surface area contributed by atoms with Crippen LogP contribution < -0.4 is 14.3 Å². The molecule has 2 aromatic rings. The van der Waals surface area contributed by atoms with Crippen molar-refractivity contribution >= 4 is 52.1 Å². The van der Waals surface area contributed by atoms with Gasteiger partial charge in [0.05, 0.1) is 4.90 Å². The van der Waals surface area contributed by atoms with E-state index in [-0.39, 0.29) is 11.0 Å². The lowest BCUT2D eigenvalue weighted by Crippen LogP contribution is -2.37. The van der Waals surface area contributed by atoms with Crippen LogP contribution in [0.4, 0.5) is 11.4 Å². The van der Waals surface area contributed by atoms with Crippen molar-refractivity contribution in [2.75, 3.05) is 21.9 Å². The smallest absolute Gasteiger partial charge is 0.214 e. The Labute approximate surface area is 221 Å². The van der Waals surface area contributed by atoms with Gasteiger partial charge < -0.3 is 9.62 Å². The van der Waals surface area contributed by atoms with Gasteiger partial charge >= 0.3 is 0 Å². The summed E-state index contributed by atoms with van der Waals surface area (Å²) in [4.78, 5) is 15.5. The van der Waals surface area contributed by atoms with E-state index in [0.29, 0.717) is 5.41 Å². The first-order valence-corrected chi connectivity index (χ1v) is 15.6. The van der Waals surface area contributed by atoms with Gasteiger partial charge in [-0.15, -0.1) is 11.3 Å². The fourth-order valence-electron chi connectivity index (χ4n) is 5.24. The summed E-state index contributed by atoms with van der Waals surface area (Å²) in [6.07, 6.45) is 9.07. The van der Waals surface area contributed by atoms with Crippen molar-refractivity contribution in [2.24, 2.45) is 5.41 Å². The lowest BCUT2D eigenvalue weighted by molar-refractivity contribution is -0.107. The van der Waals surface area contributed by atoms with E-state index in [1.807, 2.05) is 44.0 Å². The first-order chi connectivity index (χ1) is 16.6. The molecule has 1 amide bonds. The molecule has 2 heterocycles. The van der Waals surface area contributed by atoms with Crippen LogP contribution in [0.15, 0.2) is 34.5 Å². The van der Waals surface area contributed by atoms with E-state index >= 15 is 0 Å².